The predicted octanol–water partition coefficient (Wildman–Crippen LogP) is 3.07. The minimum Gasteiger partial charge on any atom is -0.411 e. The summed E-state index contributed by atoms with van der Waals surface area (Å²) in [6.07, 6.45) is 2.10. The molecule has 0 fully saturated rings. The number of hydrogen-bond donors (Lipinski definition) is 1. The first-order valence-corrected chi connectivity index (χ1v) is 7.24. The average Bonchev–Trinajstić information content (AvgIpc) is 2.53. The third-order valence-corrected chi connectivity index (χ3v) is 4.04. The quantitative estimate of drug-likeness (QED) is 0.638. The first-order valence-electron chi connectivity index (χ1n) is 6.45. The zero-order valence-corrected chi connectivity index (χ0v) is 12.6. The zero-order valence-electron chi connectivity index (χ0n) is 11.0. The Morgan fingerprint density at radius 1 is 1.29 bits per heavy atom. The van der Waals surface area contributed by atoms with Crippen LogP contribution in [0.1, 0.15) is 22.5 Å². The van der Waals surface area contributed by atoms with Crippen molar-refractivity contribution in [1.82, 2.24) is 4.98 Å². The molecule has 0 spiro atoms. The van der Waals surface area contributed by atoms with E-state index in [2.05, 4.69) is 26.1 Å². The second kappa shape index (κ2) is 5.65. The fraction of sp³-hybridized carbons (Fsp3) is 0.133. The van der Waals surface area contributed by atoms with E-state index in [1.54, 1.807) is 23.2 Å². The van der Waals surface area contributed by atoms with Crippen LogP contribution in [0.2, 0.25) is 0 Å². The number of para-hydroxylation sites is 1. The van der Waals surface area contributed by atoms with Crippen LogP contribution in [-0.4, -0.2) is 28.4 Å². The molecule has 5 nitrogen and oxygen atoms in total. The van der Waals surface area contributed by atoms with Crippen LogP contribution in [0.3, 0.4) is 0 Å². The smallest absolute Gasteiger partial charge is 0.278 e. The maximum absolute atomic E-state index is 12.7. The van der Waals surface area contributed by atoms with Gasteiger partial charge in [0.15, 0.2) is 0 Å². The van der Waals surface area contributed by atoms with Gasteiger partial charge in [-0.3, -0.25) is 4.79 Å². The topological polar surface area (TPSA) is 65.8 Å². The normalized spacial score (nSPS) is 15.9. The Balaban J connectivity index is 2.05. The van der Waals surface area contributed by atoms with Crippen molar-refractivity contribution in [2.24, 2.45) is 5.16 Å². The van der Waals surface area contributed by atoms with E-state index in [0.29, 0.717) is 28.8 Å². The van der Waals surface area contributed by atoms with Crippen molar-refractivity contribution in [3.8, 4) is 0 Å². The summed E-state index contributed by atoms with van der Waals surface area (Å²) in [6.45, 7) is 0.457. The van der Waals surface area contributed by atoms with E-state index in [1.165, 1.54) is 0 Å². The molecule has 0 aliphatic carbocycles. The summed E-state index contributed by atoms with van der Waals surface area (Å²) in [7, 11) is 0. The van der Waals surface area contributed by atoms with Crippen LogP contribution in [0.15, 0.2) is 52.2 Å². The van der Waals surface area contributed by atoms with Gasteiger partial charge in [0.1, 0.15) is 5.69 Å². The molecular weight excluding hydrogens is 334 g/mol. The summed E-state index contributed by atoms with van der Waals surface area (Å²) in [5.41, 5.74) is 2.47. The second-order valence-electron chi connectivity index (χ2n) is 4.60. The Morgan fingerprint density at radius 3 is 2.86 bits per heavy atom. The molecule has 0 bridgehead atoms. The molecule has 0 unspecified atom stereocenters. The third kappa shape index (κ3) is 2.42. The molecule has 3 rings (SSSR count). The molecule has 2 heterocycles. The molecule has 1 aliphatic heterocycles. The number of fused-ring (bicyclic) bond motifs is 1. The fourth-order valence-electron chi connectivity index (χ4n) is 2.41. The zero-order chi connectivity index (χ0) is 14.8. The van der Waals surface area contributed by atoms with Crippen molar-refractivity contribution in [1.29, 1.82) is 0 Å². The molecular formula is C15H12BrN3O2. The third-order valence-electron chi connectivity index (χ3n) is 3.40. The molecule has 0 saturated heterocycles. The summed E-state index contributed by atoms with van der Waals surface area (Å²) in [5, 5.41) is 12.4. The molecule has 106 valence electrons. The number of amides is 1. The number of anilines is 1. The number of carbonyl (C=O) groups is 1. The second-order valence-corrected chi connectivity index (χ2v) is 5.46. The summed E-state index contributed by atoms with van der Waals surface area (Å²) in [4.78, 5) is 18.5. The lowest BCUT2D eigenvalue weighted by molar-refractivity contribution is 0.0981. The maximum Gasteiger partial charge on any atom is 0.278 e. The molecule has 21 heavy (non-hydrogen) atoms. The monoisotopic (exact) mass is 345 g/mol. The Labute approximate surface area is 130 Å². The van der Waals surface area contributed by atoms with Gasteiger partial charge in [-0.2, -0.15) is 0 Å². The van der Waals surface area contributed by atoms with Crippen molar-refractivity contribution in [3.05, 3.63) is 58.3 Å². The predicted molar refractivity (Wildman–Crippen MR) is 83.0 cm³/mol. The number of hydrogen-bond acceptors (Lipinski definition) is 4. The van der Waals surface area contributed by atoms with E-state index in [1.807, 2.05) is 24.3 Å². The number of aromatic nitrogens is 1. The van der Waals surface area contributed by atoms with Gasteiger partial charge >= 0.3 is 0 Å². The Morgan fingerprint density at radius 2 is 2.10 bits per heavy atom. The van der Waals surface area contributed by atoms with Gasteiger partial charge in [-0.05, 0) is 34.1 Å². The molecule has 0 atom stereocenters. The number of nitrogens with zero attached hydrogens (tertiary/aromatic N) is 3. The highest BCUT2D eigenvalue weighted by Gasteiger charge is 2.28. The van der Waals surface area contributed by atoms with Crippen LogP contribution >= 0.6 is 15.9 Å². The number of halogens is 1. The first-order chi connectivity index (χ1) is 10.2. The average molecular weight is 346 g/mol. The van der Waals surface area contributed by atoms with Crippen molar-refractivity contribution in [2.75, 3.05) is 11.4 Å². The van der Waals surface area contributed by atoms with E-state index in [-0.39, 0.29) is 5.91 Å². The van der Waals surface area contributed by atoms with Crippen LogP contribution < -0.4 is 4.90 Å². The van der Waals surface area contributed by atoms with E-state index in [9.17, 15) is 4.79 Å². The molecule has 2 aromatic rings. The van der Waals surface area contributed by atoms with Crippen molar-refractivity contribution < 1.29 is 10.0 Å². The molecule has 1 amide bonds. The highest BCUT2D eigenvalue weighted by molar-refractivity contribution is 9.10. The van der Waals surface area contributed by atoms with Gasteiger partial charge in [-0.1, -0.05) is 23.4 Å². The number of benzene rings is 1. The van der Waals surface area contributed by atoms with Crippen LogP contribution in [0.4, 0.5) is 5.69 Å². The maximum atomic E-state index is 12.7. The number of oxime groups is 1. The summed E-state index contributed by atoms with van der Waals surface area (Å²) < 4.78 is 0.661. The minimum absolute atomic E-state index is 0.174. The van der Waals surface area contributed by atoms with Crippen LogP contribution in [0.25, 0.3) is 0 Å². The highest BCUT2D eigenvalue weighted by atomic mass is 79.9. The van der Waals surface area contributed by atoms with Crippen LogP contribution in [-0.2, 0) is 0 Å². The molecule has 6 heteroatoms. The van der Waals surface area contributed by atoms with Gasteiger partial charge in [0, 0.05) is 29.2 Å². The molecule has 0 saturated carbocycles. The fourth-order valence-corrected chi connectivity index (χ4v) is 2.84. The Bertz CT molecular complexity index is 730. The van der Waals surface area contributed by atoms with Gasteiger partial charge in [0.25, 0.3) is 5.91 Å². The lowest BCUT2D eigenvalue weighted by Crippen LogP contribution is -2.38. The highest BCUT2D eigenvalue weighted by Crippen LogP contribution is 2.29. The van der Waals surface area contributed by atoms with Crippen molar-refractivity contribution >= 4 is 33.2 Å². The Kier molecular flexibility index (Phi) is 3.70. The first kappa shape index (κ1) is 13.8. The lowest BCUT2D eigenvalue weighted by Gasteiger charge is -2.29. The molecule has 1 aromatic heterocycles. The van der Waals surface area contributed by atoms with E-state index in [4.69, 9.17) is 5.21 Å². The van der Waals surface area contributed by atoms with Crippen LogP contribution in [0, 0.1) is 0 Å². The minimum atomic E-state index is -0.174. The van der Waals surface area contributed by atoms with Gasteiger partial charge < -0.3 is 10.1 Å². The largest absolute Gasteiger partial charge is 0.411 e. The summed E-state index contributed by atoms with van der Waals surface area (Å²) in [5.74, 6) is -0.174. The summed E-state index contributed by atoms with van der Waals surface area (Å²) >= 11 is 3.36. The van der Waals surface area contributed by atoms with Gasteiger partial charge in [0.05, 0.1) is 11.4 Å². The molecule has 1 aromatic carbocycles. The molecule has 1 N–H and O–H groups in total. The lowest BCUT2D eigenvalue weighted by atomic mass is 9.99. The molecule has 1 aliphatic rings. The van der Waals surface area contributed by atoms with E-state index < -0.39 is 0 Å². The molecule has 0 radical (unpaired) electrons. The van der Waals surface area contributed by atoms with Crippen molar-refractivity contribution in [3.63, 3.8) is 0 Å². The van der Waals surface area contributed by atoms with Gasteiger partial charge in [-0.25, -0.2) is 4.98 Å². The van der Waals surface area contributed by atoms with Gasteiger partial charge in [0.2, 0.25) is 0 Å². The summed E-state index contributed by atoms with van der Waals surface area (Å²) in [6, 6.07) is 10.9. The van der Waals surface area contributed by atoms with Gasteiger partial charge in [-0.15, -0.1) is 0 Å². The van der Waals surface area contributed by atoms with Crippen LogP contribution in [0.5, 0.6) is 0 Å². The number of rotatable bonds is 1. The number of carbonyl (C=O) groups excluding carboxylic acids is 1. The van der Waals surface area contributed by atoms with E-state index in [0.717, 1.165) is 11.3 Å². The Hall–Kier alpha value is -2.21. The standard InChI is InChI=1S/C15H12BrN3O2/c16-11-5-3-8-17-14(11)15(20)19-9-7-12(18-21)10-4-1-2-6-13(10)19/h1-6,8,21H,7,9H2/b18-12-. The number of pyridine rings is 1. The van der Waals surface area contributed by atoms with Crippen molar-refractivity contribution in [2.45, 2.75) is 6.42 Å². The van der Waals surface area contributed by atoms with E-state index >= 15 is 0 Å². The SMILES string of the molecule is O=C(c1ncccc1Br)N1CC/C(=N/O)c2ccccc21.